The molecule has 0 bridgehead atoms. The zero-order chi connectivity index (χ0) is 14.7. The van der Waals surface area contributed by atoms with Gasteiger partial charge in [-0.3, -0.25) is 0 Å². The van der Waals surface area contributed by atoms with Crippen LogP contribution in [0.15, 0.2) is 48.8 Å². The molecule has 0 saturated carbocycles. The van der Waals surface area contributed by atoms with Crippen molar-refractivity contribution in [3.63, 3.8) is 0 Å². The fraction of sp³-hybridized carbons (Fsp3) is 0.188. The fourth-order valence-corrected chi connectivity index (χ4v) is 2.14. The third-order valence-electron chi connectivity index (χ3n) is 3.19. The number of anilines is 1. The summed E-state index contributed by atoms with van der Waals surface area (Å²) < 4.78 is 1.89. The van der Waals surface area contributed by atoms with Crippen LogP contribution in [0.5, 0.6) is 0 Å². The van der Waals surface area contributed by atoms with E-state index in [0.717, 1.165) is 22.6 Å². The van der Waals surface area contributed by atoms with E-state index in [2.05, 4.69) is 32.5 Å². The van der Waals surface area contributed by atoms with Crippen molar-refractivity contribution >= 4 is 5.95 Å². The topological polar surface area (TPSA) is 55.6 Å². The Balaban J connectivity index is 1.83. The smallest absolute Gasteiger partial charge is 0.223 e. The summed E-state index contributed by atoms with van der Waals surface area (Å²) in [7, 11) is 0. The lowest BCUT2D eigenvalue weighted by Gasteiger charge is -2.10. The van der Waals surface area contributed by atoms with Crippen LogP contribution in [0.25, 0.3) is 5.69 Å². The van der Waals surface area contributed by atoms with Crippen molar-refractivity contribution in [1.29, 1.82) is 0 Å². The Kier molecular flexibility index (Phi) is 3.64. The summed E-state index contributed by atoms with van der Waals surface area (Å²) in [6, 6.07) is 12.0. The number of benzene rings is 1. The van der Waals surface area contributed by atoms with Gasteiger partial charge in [-0.15, -0.1) is 0 Å². The van der Waals surface area contributed by atoms with Gasteiger partial charge in [0.05, 0.1) is 11.4 Å². The first-order valence-electron chi connectivity index (χ1n) is 6.86. The maximum Gasteiger partial charge on any atom is 0.223 e. The van der Waals surface area contributed by atoms with Gasteiger partial charge < -0.3 is 5.32 Å². The number of hydrogen-bond acceptors (Lipinski definition) is 4. The van der Waals surface area contributed by atoms with Crippen molar-refractivity contribution in [2.24, 2.45) is 0 Å². The van der Waals surface area contributed by atoms with Gasteiger partial charge in [0, 0.05) is 24.6 Å². The molecule has 1 aromatic carbocycles. The van der Waals surface area contributed by atoms with Gasteiger partial charge >= 0.3 is 0 Å². The van der Waals surface area contributed by atoms with Gasteiger partial charge in [0.2, 0.25) is 5.95 Å². The first kappa shape index (κ1) is 13.3. The normalized spacial score (nSPS) is 10.6. The van der Waals surface area contributed by atoms with Gasteiger partial charge in [-0.2, -0.15) is 5.10 Å². The highest BCUT2D eigenvalue weighted by atomic mass is 15.3. The summed E-state index contributed by atoms with van der Waals surface area (Å²) in [4.78, 5) is 8.57. The van der Waals surface area contributed by atoms with Crippen LogP contribution in [0.2, 0.25) is 0 Å². The molecule has 0 aliphatic heterocycles. The monoisotopic (exact) mass is 279 g/mol. The molecule has 2 heterocycles. The Hall–Kier alpha value is -2.69. The van der Waals surface area contributed by atoms with Crippen LogP contribution < -0.4 is 5.32 Å². The predicted molar refractivity (Wildman–Crippen MR) is 82.4 cm³/mol. The molecule has 0 amide bonds. The van der Waals surface area contributed by atoms with E-state index in [0.29, 0.717) is 12.5 Å². The van der Waals surface area contributed by atoms with Gasteiger partial charge in [-0.05, 0) is 37.6 Å². The third-order valence-corrected chi connectivity index (χ3v) is 3.19. The van der Waals surface area contributed by atoms with E-state index in [-0.39, 0.29) is 0 Å². The lowest BCUT2D eigenvalue weighted by Crippen LogP contribution is -2.08. The first-order valence-corrected chi connectivity index (χ1v) is 6.86. The maximum atomic E-state index is 4.47. The van der Waals surface area contributed by atoms with Crippen molar-refractivity contribution in [3.8, 4) is 5.69 Å². The molecule has 0 aliphatic carbocycles. The summed E-state index contributed by atoms with van der Waals surface area (Å²) in [5.41, 5.74) is 4.15. The summed E-state index contributed by atoms with van der Waals surface area (Å²) in [5.74, 6) is 0.640. The Morgan fingerprint density at radius 2 is 1.90 bits per heavy atom. The molecule has 0 spiro atoms. The average Bonchev–Trinajstić information content (AvgIpc) is 2.92. The van der Waals surface area contributed by atoms with Crippen LogP contribution in [0.3, 0.4) is 0 Å². The number of nitrogens with zero attached hydrogens (tertiary/aromatic N) is 4. The van der Waals surface area contributed by atoms with E-state index >= 15 is 0 Å². The lowest BCUT2D eigenvalue weighted by molar-refractivity contribution is 0.847. The summed E-state index contributed by atoms with van der Waals surface area (Å²) in [5, 5.41) is 7.72. The lowest BCUT2D eigenvalue weighted by atomic mass is 10.2. The summed E-state index contributed by atoms with van der Waals surface area (Å²) in [6.45, 7) is 4.59. The van der Waals surface area contributed by atoms with Crippen molar-refractivity contribution in [3.05, 3.63) is 65.7 Å². The minimum Gasteiger partial charge on any atom is -0.350 e. The fourth-order valence-electron chi connectivity index (χ4n) is 2.14. The minimum absolute atomic E-state index is 0.640. The Bertz CT molecular complexity index is 748. The van der Waals surface area contributed by atoms with Crippen LogP contribution in [0.4, 0.5) is 5.95 Å². The SMILES string of the molecule is Cc1ccnc(NCc2ccccc2-n2ccc(C)n2)n1. The highest BCUT2D eigenvalue weighted by Gasteiger charge is 2.05. The Labute approximate surface area is 123 Å². The first-order chi connectivity index (χ1) is 10.2. The largest absolute Gasteiger partial charge is 0.350 e. The zero-order valence-corrected chi connectivity index (χ0v) is 12.1. The van der Waals surface area contributed by atoms with Crippen molar-refractivity contribution in [2.45, 2.75) is 20.4 Å². The van der Waals surface area contributed by atoms with E-state index < -0.39 is 0 Å². The standard InChI is InChI=1S/C16H17N5/c1-12-7-9-17-16(19-12)18-11-14-5-3-4-6-15(14)21-10-8-13(2)20-21/h3-10H,11H2,1-2H3,(H,17,18,19). The summed E-state index contributed by atoms with van der Waals surface area (Å²) >= 11 is 0. The molecule has 2 aromatic heterocycles. The highest BCUT2D eigenvalue weighted by Crippen LogP contribution is 2.15. The molecule has 0 atom stereocenters. The van der Waals surface area contributed by atoms with Crippen LogP contribution in [-0.4, -0.2) is 19.7 Å². The van der Waals surface area contributed by atoms with Gasteiger partial charge in [0.25, 0.3) is 0 Å². The van der Waals surface area contributed by atoms with Crippen LogP contribution >= 0.6 is 0 Å². The van der Waals surface area contributed by atoms with Gasteiger partial charge in [-0.25, -0.2) is 14.6 Å². The average molecular weight is 279 g/mol. The molecule has 1 N–H and O–H groups in total. The molecule has 3 aromatic rings. The highest BCUT2D eigenvalue weighted by molar-refractivity contribution is 5.42. The molecular weight excluding hydrogens is 262 g/mol. The summed E-state index contributed by atoms with van der Waals surface area (Å²) in [6.07, 6.45) is 3.73. The van der Waals surface area contributed by atoms with E-state index in [1.54, 1.807) is 6.20 Å². The molecule has 0 radical (unpaired) electrons. The molecule has 5 nitrogen and oxygen atoms in total. The van der Waals surface area contributed by atoms with E-state index in [9.17, 15) is 0 Å². The number of hydrogen-bond donors (Lipinski definition) is 1. The minimum atomic E-state index is 0.640. The van der Waals surface area contributed by atoms with E-state index in [4.69, 9.17) is 0 Å². The third kappa shape index (κ3) is 3.08. The number of aromatic nitrogens is 4. The van der Waals surface area contributed by atoms with Gasteiger partial charge in [-0.1, -0.05) is 18.2 Å². The molecule has 21 heavy (non-hydrogen) atoms. The van der Waals surface area contributed by atoms with E-state index in [1.165, 1.54) is 0 Å². The number of aryl methyl sites for hydroxylation is 2. The van der Waals surface area contributed by atoms with Crippen molar-refractivity contribution < 1.29 is 0 Å². The van der Waals surface area contributed by atoms with Gasteiger partial charge in [0.1, 0.15) is 0 Å². The zero-order valence-electron chi connectivity index (χ0n) is 12.1. The quantitative estimate of drug-likeness (QED) is 0.798. The van der Waals surface area contributed by atoms with Crippen LogP contribution in [0, 0.1) is 13.8 Å². The molecule has 0 saturated heterocycles. The van der Waals surface area contributed by atoms with Crippen molar-refractivity contribution in [2.75, 3.05) is 5.32 Å². The van der Waals surface area contributed by atoms with Crippen LogP contribution in [0.1, 0.15) is 17.0 Å². The van der Waals surface area contributed by atoms with Crippen molar-refractivity contribution in [1.82, 2.24) is 19.7 Å². The Morgan fingerprint density at radius 3 is 2.67 bits per heavy atom. The maximum absolute atomic E-state index is 4.47. The Morgan fingerprint density at radius 1 is 1.05 bits per heavy atom. The van der Waals surface area contributed by atoms with Gasteiger partial charge in [0.15, 0.2) is 0 Å². The number of para-hydroxylation sites is 1. The molecule has 5 heteroatoms. The number of nitrogens with one attached hydrogen (secondary N) is 1. The molecule has 0 unspecified atom stereocenters. The predicted octanol–water partition coefficient (Wildman–Crippen LogP) is 2.89. The van der Waals surface area contributed by atoms with Crippen LogP contribution in [-0.2, 0) is 6.54 Å². The van der Waals surface area contributed by atoms with E-state index in [1.807, 2.05) is 49.0 Å². The molecule has 106 valence electrons. The number of rotatable bonds is 4. The molecule has 3 rings (SSSR count). The molecular formula is C16H17N5. The second-order valence-electron chi connectivity index (χ2n) is 4.91. The molecule has 0 aliphatic rings. The second kappa shape index (κ2) is 5.75. The molecule has 0 fully saturated rings. The second-order valence-corrected chi connectivity index (χ2v) is 4.91.